The first kappa shape index (κ1) is 18.3. The fraction of sp³-hybridized carbons (Fsp3) is 0.500. The Hall–Kier alpha value is -2.09. The van der Waals surface area contributed by atoms with E-state index in [9.17, 15) is 18.0 Å². The minimum atomic E-state index is -3.60. The summed E-state index contributed by atoms with van der Waals surface area (Å²) in [4.78, 5) is 25.7. The molecule has 1 heterocycles. The molecule has 0 aliphatic carbocycles. The second kappa shape index (κ2) is 7.21. The van der Waals surface area contributed by atoms with Gasteiger partial charge in [0.25, 0.3) is 0 Å². The number of carbonyl (C=O) groups is 2. The summed E-state index contributed by atoms with van der Waals surface area (Å²) in [7, 11) is -3.60. The topological polar surface area (TPSA) is 86.8 Å². The second-order valence-corrected chi connectivity index (χ2v) is 8.00. The molecule has 8 heteroatoms. The molecule has 1 saturated heterocycles. The Kier molecular flexibility index (Phi) is 5.48. The van der Waals surface area contributed by atoms with Gasteiger partial charge in [-0.05, 0) is 26.0 Å². The van der Waals surface area contributed by atoms with Gasteiger partial charge in [0.2, 0.25) is 21.8 Å². The smallest absolute Gasteiger partial charge is 0.243 e. The molecule has 2 rings (SSSR count). The van der Waals surface area contributed by atoms with Gasteiger partial charge in [0, 0.05) is 25.6 Å². The Labute approximate surface area is 142 Å². The van der Waals surface area contributed by atoms with E-state index in [4.69, 9.17) is 0 Å². The Balaban J connectivity index is 2.21. The van der Waals surface area contributed by atoms with Gasteiger partial charge < -0.3 is 10.2 Å². The summed E-state index contributed by atoms with van der Waals surface area (Å²) in [5, 5.41) is 2.74. The van der Waals surface area contributed by atoms with Gasteiger partial charge in [-0.15, -0.1) is 0 Å². The average molecular weight is 353 g/mol. The van der Waals surface area contributed by atoms with E-state index in [1.807, 2.05) is 13.8 Å². The normalized spacial score (nSPS) is 18.7. The second-order valence-electron chi connectivity index (χ2n) is 6.10. The third-order valence-electron chi connectivity index (χ3n) is 4.03. The lowest BCUT2D eigenvalue weighted by Gasteiger charge is -2.30. The number of aryl methyl sites for hydroxylation is 1. The van der Waals surface area contributed by atoms with Gasteiger partial charge in [0.1, 0.15) is 6.54 Å². The van der Waals surface area contributed by atoms with Crippen LogP contribution in [0.5, 0.6) is 0 Å². The highest BCUT2D eigenvalue weighted by Crippen LogP contribution is 2.19. The summed E-state index contributed by atoms with van der Waals surface area (Å²) in [5.41, 5.74) is 1.46. The van der Waals surface area contributed by atoms with Crippen LogP contribution in [0.25, 0.3) is 0 Å². The molecule has 1 aromatic rings. The van der Waals surface area contributed by atoms with Crippen molar-refractivity contribution < 1.29 is 18.0 Å². The Morgan fingerprint density at radius 1 is 1.33 bits per heavy atom. The molecule has 132 valence electrons. The van der Waals surface area contributed by atoms with Crippen LogP contribution >= 0.6 is 0 Å². The van der Waals surface area contributed by atoms with E-state index >= 15 is 0 Å². The molecule has 0 aromatic heterocycles. The van der Waals surface area contributed by atoms with Crippen LogP contribution < -0.4 is 9.62 Å². The average Bonchev–Trinajstić information content (AvgIpc) is 2.66. The standard InChI is InChI=1S/C16H23N3O4S/c1-12-4-6-14(7-5-12)19(24(3,22)23)11-16(21)18-9-8-15(20)17-10-13(18)2/h4-7,13H,8-11H2,1-3H3,(H,17,20)/t13-/m1/s1. The molecule has 2 amide bonds. The third-order valence-corrected chi connectivity index (χ3v) is 5.17. The van der Waals surface area contributed by atoms with Crippen LogP contribution in [0, 0.1) is 6.92 Å². The van der Waals surface area contributed by atoms with E-state index in [0.29, 0.717) is 12.2 Å². The highest BCUT2D eigenvalue weighted by atomic mass is 32.2. The fourth-order valence-electron chi connectivity index (χ4n) is 2.60. The molecule has 1 aromatic carbocycles. The lowest BCUT2D eigenvalue weighted by molar-refractivity contribution is -0.131. The molecule has 24 heavy (non-hydrogen) atoms. The largest absolute Gasteiger partial charge is 0.354 e. The predicted octanol–water partition coefficient (Wildman–Crippen LogP) is 0.498. The lowest BCUT2D eigenvalue weighted by Crippen LogP contribution is -2.47. The Bertz CT molecular complexity index is 715. The minimum Gasteiger partial charge on any atom is -0.354 e. The minimum absolute atomic E-state index is 0.101. The first-order chi connectivity index (χ1) is 11.2. The van der Waals surface area contributed by atoms with Crippen LogP contribution in [0.1, 0.15) is 18.9 Å². The SMILES string of the molecule is Cc1ccc(N(CC(=O)N2CCC(=O)NC[C@H]2C)S(C)(=O)=O)cc1. The van der Waals surface area contributed by atoms with Gasteiger partial charge in [0.05, 0.1) is 11.9 Å². The monoisotopic (exact) mass is 353 g/mol. The quantitative estimate of drug-likeness (QED) is 0.854. The molecule has 0 spiro atoms. The number of nitrogens with zero attached hydrogens (tertiary/aromatic N) is 2. The molecule has 1 aliphatic rings. The predicted molar refractivity (Wildman–Crippen MR) is 92.2 cm³/mol. The van der Waals surface area contributed by atoms with Gasteiger partial charge in [-0.1, -0.05) is 17.7 Å². The molecule has 1 fully saturated rings. The van der Waals surface area contributed by atoms with Gasteiger partial charge in [-0.3, -0.25) is 13.9 Å². The molecule has 1 N–H and O–H groups in total. The summed E-state index contributed by atoms with van der Waals surface area (Å²) in [6, 6.07) is 6.79. The van der Waals surface area contributed by atoms with Crippen molar-refractivity contribution in [2.45, 2.75) is 26.3 Å². The highest BCUT2D eigenvalue weighted by Gasteiger charge is 2.28. The van der Waals surface area contributed by atoms with Gasteiger partial charge >= 0.3 is 0 Å². The van der Waals surface area contributed by atoms with E-state index in [1.54, 1.807) is 29.2 Å². The molecule has 0 unspecified atom stereocenters. The zero-order valence-corrected chi connectivity index (χ0v) is 15.0. The molecule has 1 atom stereocenters. The van der Waals surface area contributed by atoms with E-state index in [0.717, 1.165) is 16.1 Å². The lowest BCUT2D eigenvalue weighted by atomic mass is 10.2. The van der Waals surface area contributed by atoms with Gasteiger partial charge in [-0.2, -0.15) is 0 Å². The van der Waals surface area contributed by atoms with Crippen LogP contribution in [0.15, 0.2) is 24.3 Å². The van der Waals surface area contributed by atoms with Crippen LogP contribution in [0.3, 0.4) is 0 Å². The van der Waals surface area contributed by atoms with E-state index < -0.39 is 10.0 Å². The summed E-state index contributed by atoms with van der Waals surface area (Å²) in [6.07, 6.45) is 1.30. The number of rotatable bonds is 4. The summed E-state index contributed by atoms with van der Waals surface area (Å²) in [5.74, 6) is -0.416. The van der Waals surface area contributed by atoms with Gasteiger partial charge in [0.15, 0.2) is 0 Å². The number of nitrogens with one attached hydrogen (secondary N) is 1. The molecule has 0 saturated carbocycles. The van der Waals surface area contributed by atoms with Gasteiger partial charge in [-0.25, -0.2) is 8.42 Å². The van der Waals surface area contributed by atoms with Crippen molar-refractivity contribution >= 4 is 27.5 Å². The molecular weight excluding hydrogens is 330 g/mol. The van der Waals surface area contributed by atoms with Crippen molar-refractivity contribution in [3.05, 3.63) is 29.8 Å². The number of anilines is 1. The summed E-state index contributed by atoms with van der Waals surface area (Å²) < 4.78 is 25.3. The maximum atomic E-state index is 12.6. The molecular formula is C16H23N3O4S. The zero-order chi connectivity index (χ0) is 17.9. The zero-order valence-electron chi connectivity index (χ0n) is 14.2. The number of sulfonamides is 1. The van der Waals surface area contributed by atoms with Crippen LogP contribution in [0.4, 0.5) is 5.69 Å². The molecule has 7 nitrogen and oxygen atoms in total. The van der Waals surface area contributed by atoms with Crippen molar-refractivity contribution in [2.75, 3.05) is 30.2 Å². The summed E-state index contributed by atoms with van der Waals surface area (Å²) >= 11 is 0. The molecule has 0 bridgehead atoms. The van der Waals surface area contributed by atoms with Crippen molar-refractivity contribution in [1.82, 2.24) is 10.2 Å². The number of amides is 2. The van der Waals surface area contributed by atoms with E-state index in [-0.39, 0.29) is 37.4 Å². The fourth-order valence-corrected chi connectivity index (χ4v) is 3.45. The number of hydrogen-bond donors (Lipinski definition) is 1. The van der Waals surface area contributed by atoms with E-state index in [1.165, 1.54) is 0 Å². The molecule has 0 radical (unpaired) electrons. The number of hydrogen-bond acceptors (Lipinski definition) is 4. The van der Waals surface area contributed by atoms with Crippen LogP contribution in [-0.2, 0) is 19.6 Å². The van der Waals surface area contributed by atoms with E-state index in [2.05, 4.69) is 5.32 Å². The van der Waals surface area contributed by atoms with Crippen molar-refractivity contribution in [1.29, 1.82) is 0 Å². The number of benzene rings is 1. The van der Waals surface area contributed by atoms with Crippen LogP contribution in [-0.4, -0.2) is 57.1 Å². The third kappa shape index (κ3) is 4.47. The first-order valence-corrected chi connectivity index (χ1v) is 9.64. The van der Waals surface area contributed by atoms with Crippen molar-refractivity contribution in [2.24, 2.45) is 0 Å². The maximum Gasteiger partial charge on any atom is 0.243 e. The highest BCUT2D eigenvalue weighted by molar-refractivity contribution is 7.92. The first-order valence-electron chi connectivity index (χ1n) is 7.79. The van der Waals surface area contributed by atoms with Crippen molar-refractivity contribution in [3.8, 4) is 0 Å². The van der Waals surface area contributed by atoms with Crippen LogP contribution in [0.2, 0.25) is 0 Å². The summed E-state index contributed by atoms with van der Waals surface area (Å²) in [6.45, 7) is 4.12. The van der Waals surface area contributed by atoms with Crippen molar-refractivity contribution in [3.63, 3.8) is 0 Å². The maximum absolute atomic E-state index is 12.6. The Morgan fingerprint density at radius 3 is 2.54 bits per heavy atom. The Morgan fingerprint density at radius 2 is 1.96 bits per heavy atom. The molecule has 1 aliphatic heterocycles. The number of carbonyl (C=O) groups excluding carboxylic acids is 2.